The highest BCUT2D eigenvalue weighted by Crippen LogP contribution is 2.26. The van der Waals surface area contributed by atoms with E-state index in [2.05, 4.69) is 9.97 Å². The molecule has 0 saturated carbocycles. The van der Waals surface area contributed by atoms with Gasteiger partial charge in [0.15, 0.2) is 5.16 Å². The Hall–Kier alpha value is -1.11. The lowest BCUT2D eigenvalue weighted by atomic mass is 10.3. The van der Waals surface area contributed by atoms with Crippen LogP contribution < -0.4 is 10.3 Å². The predicted octanol–water partition coefficient (Wildman–Crippen LogP) is 4.12. The van der Waals surface area contributed by atoms with Gasteiger partial charge in [0.2, 0.25) is 0 Å². The second-order valence-electron chi connectivity index (χ2n) is 5.15. The summed E-state index contributed by atoms with van der Waals surface area (Å²) >= 11 is 9.17. The fourth-order valence-corrected chi connectivity index (χ4v) is 4.25. The summed E-state index contributed by atoms with van der Waals surface area (Å²) in [5, 5.41) is 1.44. The zero-order valence-corrected chi connectivity index (χ0v) is 14.9. The number of unbranched alkanes of at least 4 members (excludes halogenated alkanes) is 1. The third kappa shape index (κ3) is 4.68. The fraction of sp³-hybridized carbons (Fsp3) is 0.375. The Morgan fingerprint density at radius 2 is 2.09 bits per heavy atom. The maximum absolute atomic E-state index is 11.9. The lowest BCUT2D eigenvalue weighted by molar-refractivity contribution is 0.310. The summed E-state index contributed by atoms with van der Waals surface area (Å²) in [5.41, 5.74) is 1.82. The summed E-state index contributed by atoms with van der Waals surface area (Å²) in [6, 6.07) is 7.38. The van der Waals surface area contributed by atoms with Crippen molar-refractivity contribution in [2.75, 3.05) is 12.4 Å². The minimum Gasteiger partial charge on any atom is -0.494 e. The zero-order valence-electron chi connectivity index (χ0n) is 12.5. The van der Waals surface area contributed by atoms with E-state index in [4.69, 9.17) is 16.3 Å². The Bertz CT molecular complexity index is 719. The number of benzene rings is 1. The van der Waals surface area contributed by atoms with Crippen molar-refractivity contribution in [1.82, 2.24) is 9.97 Å². The molecule has 0 saturated heterocycles. The molecular formula is C16H17ClN2O2S2. The molecule has 122 valence electrons. The number of hydrogen-bond acceptors (Lipinski definition) is 5. The van der Waals surface area contributed by atoms with E-state index in [1.165, 1.54) is 0 Å². The second-order valence-corrected chi connectivity index (χ2v) is 7.65. The van der Waals surface area contributed by atoms with Crippen molar-refractivity contribution < 1.29 is 4.74 Å². The number of fused-ring (bicyclic) bond motifs is 1. The van der Waals surface area contributed by atoms with Gasteiger partial charge in [-0.25, -0.2) is 4.98 Å². The molecule has 1 aliphatic rings. The number of H-pyrrole nitrogens is 1. The average Bonchev–Trinajstić information content (AvgIpc) is 3.01. The van der Waals surface area contributed by atoms with Crippen LogP contribution in [0.4, 0.5) is 0 Å². The van der Waals surface area contributed by atoms with E-state index in [9.17, 15) is 4.79 Å². The molecule has 23 heavy (non-hydrogen) atoms. The first kappa shape index (κ1) is 16.7. The lowest BCUT2D eigenvalue weighted by Gasteiger charge is -2.06. The molecule has 2 aromatic rings. The van der Waals surface area contributed by atoms with Gasteiger partial charge >= 0.3 is 0 Å². The molecule has 7 heteroatoms. The molecule has 0 bridgehead atoms. The van der Waals surface area contributed by atoms with Gasteiger partial charge in [0.1, 0.15) is 5.75 Å². The summed E-state index contributed by atoms with van der Waals surface area (Å²) in [7, 11) is 0. The van der Waals surface area contributed by atoms with Crippen LogP contribution in [0.15, 0.2) is 34.2 Å². The van der Waals surface area contributed by atoms with Crippen LogP contribution >= 0.6 is 35.1 Å². The number of nitrogens with zero attached hydrogens (tertiary/aromatic N) is 1. The number of aromatic nitrogens is 2. The molecule has 0 aliphatic carbocycles. The van der Waals surface area contributed by atoms with Crippen molar-refractivity contribution in [2.24, 2.45) is 0 Å². The SMILES string of the molecule is O=c1[nH]c(SCCCCOc2ccc(Cl)cc2)nc2c1CSC2. The van der Waals surface area contributed by atoms with Crippen LogP contribution in [0.5, 0.6) is 5.75 Å². The molecule has 0 atom stereocenters. The van der Waals surface area contributed by atoms with Crippen LogP contribution in [0.3, 0.4) is 0 Å². The summed E-state index contributed by atoms with van der Waals surface area (Å²) in [5.74, 6) is 3.38. The van der Waals surface area contributed by atoms with Gasteiger partial charge in [0.25, 0.3) is 5.56 Å². The number of nitrogens with one attached hydrogen (secondary N) is 1. The molecule has 0 radical (unpaired) electrons. The first-order valence-electron chi connectivity index (χ1n) is 7.43. The highest BCUT2D eigenvalue weighted by atomic mass is 35.5. The molecule has 0 unspecified atom stereocenters. The van der Waals surface area contributed by atoms with Gasteiger partial charge in [-0.05, 0) is 37.1 Å². The number of thioether (sulfide) groups is 2. The fourth-order valence-electron chi connectivity index (χ4n) is 2.20. The highest BCUT2D eigenvalue weighted by Gasteiger charge is 2.17. The molecular weight excluding hydrogens is 352 g/mol. The van der Waals surface area contributed by atoms with E-state index in [-0.39, 0.29) is 5.56 Å². The third-order valence-corrected chi connectivity index (χ3v) is 5.61. The smallest absolute Gasteiger partial charge is 0.255 e. The number of ether oxygens (including phenoxy) is 1. The van der Waals surface area contributed by atoms with Gasteiger partial charge < -0.3 is 9.72 Å². The minimum atomic E-state index is 0.0218. The van der Waals surface area contributed by atoms with Crippen molar-refractivity contribution in [3.8, 4) is 5.75 Å². The third-order valence-electron chi connectivity index (χ3n) is 3.42. The van der Waals surface area contributed by atoms with Crippen LogP contribution in [0.25, 0.3) is 0 Å². The predicted molar refractivity (Wildman–Crippen MR) is 96.8 cm³/mol. The van der Waals surface area contributed by atoms with Crippen molar-refractivity contribution in [2.45, 2.75) is 29.5 Å². The number of rotatable bonds is 7. The Morgan fingerprint density at radius 3 is 2.91 bits per heavy atom. The van der Waals surface area contributed by atoms with Gasteiger partial charge in [-0.1, -0.05) is 23.4 Å². The molecule has 0 spiro atoms. The quantitative estimate of drug-likeness (QED) is 0.452. The molecule has 2 heterocycles. The molecule has 4 nitrogen and oxygen atoms in total. The highest BCUT2D eigenvalue weighted by molar-refractivity contribution is 7.99. The molecule has 1 aromatic carbocycles. The Balaban J connectivity index is 1.38. The van der Waals surface area contributed by atoms with Crippen LogP contribution in [0.2, 0.25) is 5.02 Å². The Kier molecular flexibility index (Phi) is 5.91. The van der Waals surface area contributed by atoms with Crippen molar-refractivity contribution >= 4 is 35.1 Å². The number of hydrogen-bond donors (Lipinski definition) is 1. The van der Waals surface area contributed by atoms with Crippen LogP contribution in [-0.2, 0) is 11.5 Å². The summed E-state index contributed by atoms with van der Waals surface area (Å²) < 4.78 is 5.65. The maximum Gasteiger partial charge on any atom is 0.255 e. The maximum atomic E-state index is 11.9. The van der Waals surface area contributed by atoms with E-state index in [1.807, 2.05) is 24.3 Å². The van der Waals surface area contributed by atoms with Gasteiger partial charge in [0, 0.05) is 27.8 Å². The molecule has 1 aliphatic heterocycles. The molecule has 0 fully saturated rings. The zero-order chi connectivity index (χ0) is 16.1. The summed E-state index contributed by atoms with van der Waals surface area (Å²) in [6.45, 7) is 0.674. The van der Waals surface area contributed by atoms with E-state index in [0.29, 0.717) is 11.6 Å². The molecule has 3 rings (SSSR count). The van der Waals surface area contributed by atoms with Crippen molar-refractivity contribution in [3.05, 3.63) is 50.9 Å². The normalized spacial score (nSPS) is 13.1. The van der Waals surface area contributed by atoms with Gasteiger partial charge in [-0.3, -0.25) is 4.79 Å². The van der Waals surface area contributed by atoms with Gasteiger partial charge in [-0.15, -0.1) is 0 Å². The van der Waals surface area contributed by atoms with E-state index in [0.717, 1.165) is 52.3 Å². The van der Waals surface area contributed by atoms with E-state index >= 15 is 0 Å². The van der Waals surface area contributed by atoms with E-state index in [1.54, 1.807) is 23.5 Å². The van der Waals surface area contributed by atoms with Crippen LogP contribution in [0.1, 0.15) is 24.1 Å². The van der Waals surface area contributed by atoms with Gasteiger partial charge in [0.05, 0.1) is 12.3 Å². The van der Waals surface area contributed by atoms with Gasteiger partial charge in [-0.2, -0.15) is 11.8 Å². The Labute approximate surface area is 148 Å². The molecule has 1 N–H and O–H groups in total. The monoisotopic (exact) mass is 368 g/mol. The number of halogens is 1. The van der Waals surface area contributed by atoms with Crippen LogP contribution in [0, 0.1) is 0 Å². The van der Waals surface area contributed by atoms with Crippen molar-refractivity contribution in [1.29, 1.82) is 0 Å². The van der Waals surface area contributed by atoms with Crippen LogP contribution in [-0.4, -0.2) is 22.3 Å². The van der Waals surface area contributed by atoms with E-state index < -0.39 is 0 Å². The second kappa shape index (κ2) is 8.13. The first-order chi connectivity index (χ1) is 11.2. The number of aromatic amines is 1. The average molecular weight is 369 g/mol. The summed E-state index contributed by atoms with van der Waals surface area (Å²) in [6.07, 6.45) is 1.97. The lowest BCUT2D eigenvalue weighted by Crippen LogP contribution is -2.14. The largest absolute Gasteiger partial charge is 0.494 e. The van der Waals surface area contributed by atoms with Crippen molar-refractivity contribution in [3.63, 3.8) is 0 Å². The minimum absolute atomic E-state index is 0.0218. The molecule has 1 aromatic heterocycles. The molecule has 0 amide bonds. The summed E-state index contributed by atoms with van der Waals surface area (Å²) in [4.78, 5) is 19.3. The topological polar surface area (TPSA) is 55.0 Å². The first-order valence-corrected chi connectivity index (χ1v) is 9.95. The Morgan fingerprint density at radius 1 is 1.26 bits per heavy atom. The standard InChI is InChI=1S/C16H17ClN2O2S2/c17-11-3-5-12(6-4-11)21-7-1-2-8-23-16-18-14-10-22-9-13(14)15(20)19-16/h3-6H,1-2,7-10H2,(H,18,19,20).